The van der Waals surface area contributed by atoms with E-state index in [4.69, 9.17) is 0 Å². The molecular formula is C12H15F3O. The lowest BCUT2D eigenvalue weighted by Crippen LogP contribution is -2.03. The summed E-state index contributed by atoms with van der Waals surface area (Å²) in [5, 5.41) is 0. The summed E-state index contributed by atoms with van der Waals surface area (Å²) in [6, 6.07) is 6.36. The van der Waals surface area contributed by atoms with Crippen molar-refractivity contribution in [3.8, 4) is 0 Å². The summed E-state index contributed by atoms with van der Waals surface area (Å²) in [5.74, 6) is 0.343. The molecule has 90 valence electrons. The minimum absolute atomic E-state index is 0.343. The second-order valence-corrected chi connectivity index (χ2v) is 3.11. The zero-order valence-corrected chi connectivity index (χ0v) is 9.34. The fourth-order valence-electron chi connectivity index (χ4n) is 0.877. The maximum absolute atomic E-state index is 11.8. The lowest BCUT2D eigenvalue weighted by Gasteiger charge is -2.03. The van der Waals surface area contributed by atoms with Gasteiger partial charge in [0.2, 0.25) is 0 Å². The van der Waals surface area contributed by atoms with Crippen LogP contribution >= 0.6 is 0 Å². The highest BCUT2D eigenvalue weighted by atomic mass is 19.4. The minimum atomic E-state index is -4.21. The average Bonchev–Trinajstić information content (AvgIpc) is 2.29. The van der Waals surface area contributed by atoms with Crippen molar-refractivity contribution in [2.24, 2.45) is 0 Å². The molecular weight excluding hydrogens is 217 g/mol. The van der Waals surface area contributed by atoms with Crippen LogP contribution in [-0.4, -0.2) is 5.78 Å². The van der Waals surface area contributed by atoms with Gasteiger partial charge in [-0.1, -0.05) is 44.2 Å². The zero-order chi connectivity index (χ0) is 12.6. The monoisotopic (exact) mass is 232 g/mol. The average molecular weight is 232 g/mol. The second-order valence-electron chi connectivity index (χ2n) is 3.11. The topological polar surface area (TPSA) is 17.1 Å². The minimum Gasteiger partial charge on any atom is -0.300 e. The molecule has 0 saturated carbocycles. The molecule has 1 aromatic rings. The third-order valence-corrected chi connectivity index (χ3v) is 1.89. The second kappa shape index (κ2) is 7.04. The molecule has 0 bridgehead atoms. The highest BCUT2D eigenvalue weighted by Crippen LogP contribution is 2.28. The van der Waals surface area contributed by atoms with Gasteiger partial charge in [-0.25, -0.2) is 0 Å². The molecule has 1 rings (SSSR count). The fourth-order valence-corrected chi connectivity index (χ4v) is 0.877. The Bertz CT molecular complexity index is 298. The fraction of sp³-hybridized carbons (Fsp3) is 0.417. The highest BCUT2D eigenvalue weighted by molar-refractivity contribution is 5.77. The predicted octanol–water partition coefficient (Wildman–Crippen LogP) is 4.08. The number of benzene rings is 1. The van der Waals surface area contributed by atoms with E-state index in [1.165, 1.54) is 12.1 Å². The maximum Gasteiger partial charge on any atom is 0.416 e. The van der Waals surface area contributed by atoms with Crippen molar-refractivity contribution in [1.29, 1.82) is 0 Å². The van der Waals surface area contributed by atoms with E-state index in [9.17, 15) is 18.0 Å². The summed E-state index contributed by atoms with van der Waals surface area (Å²) in [4.78, 5) is 10.2. The lowest BCUT2D eigenvalue weighted by molar-refractivity contribution is -0.137. The molecule has 4 heteroatoms. The number of alkyl halides is 3. The molecule has 0 unspecified atom stereocenters. The molecule has 0 aliphatic heterocycles. The zero-order valence-electron chi connectivity index (χ0n) is 9.34. The summed E-state index contributed by atoms with van der Waals surface area (Å²) in [7, 11) is 0. The van der Waals surface area contributed by atoms with E-state index in [1.54, 1.807) is 6.07 Å². The van der Waals surface area contributed by atoms with Crippen LogP contribution in [0.3, 0.4) is 0 Å². The van der Waals surface area contributed by atoms with Gasteiger partial charge in [0.25, 0.3) is 0 Å². The standard InChI is InChI=1S/C7H5F3.C5H10O/c8-7(9,10)6-4-2-1-3-5-6;1-3-5(6)4-2/h1-5H;3-4H2,1-2H3. The van der Waals surface area contributed by atoms with E-state index in [1.807, 2.05) is 13.8 Å². The van der Waals surface area contributed by atoms with Gasteiger partial charge >= 0.3 is 6.18 Å². The Labute approximate surface area is 93.3 Å². The molecule has 0 atom stereocenters. The molecule has 1 nitrogen and oxygen atoms in total. The predicted molar refractivity (Wildman–Crippen MR) is 57.0 cm³/mol. The first-order chi connectivity index (χ1) is 7.41. The molecule has 0 amide bonds. The van der Waals surface area contributed by atoms with Gasteiger partial charge in [0.05, 0.1) is 5.56 Å². The molecule has 0 aromatic heterocycles. The van der Waals surface area contributed by atoms with Crippen LogP contribution in [0.4, 0.5) is 13.2 Å². The van der Waals surface area contributed by atoms with E-state index in [2.05, 4.69) is 0 Å². The first-order valence-corrected chi connectivity index (χ1v) is 5.05. The number of carbonyl (C=O) groups is 1. The van der Waals surface area contributed by atoms with Crippen LogP contribution in [0.25, 0.3) is 0 Å². The first kappa shape index (κ1) is 14.7. The Morgan fingerprint density at radius 2 is 1.50 bits per heavy atom. The van der Waals surface area contributed by atoms with Crippen molar-refractivity contribution < 1.29 is 18.0 Å². The molecule has 0 saturated heterocycles. The number of rotatable bonds is 2. The number of hydrogen-bond acceptors (Lipinski definition) is 1. The van der Waals surface area contributed by atoms with Crippen LogP contribution < -0.4 is 0 Å². The van der Waals surface area contributed by atoms with Crippen molar-refractivity contribution in [1.82, 2.24) is 0 Å². The number of Topliss-reactive ketones (excluding diaryl/α,β-unsaturated/α-hetero) is 1. The van der Waals surface area contributed by atoms with Gasteiger partial charge in [-0.3, -0.25) is 4.79 Å². The molecule has 0 heterocycles. The van der Waals surface area contributed by atoms with Gasteiger partial charge in [0.15, 0.2) is 0 Å². The van der Waals surface area contributed by atoms with Crippen molar-refractivity contribution in [2.75, 3.05) is 0 Å². The maximum atomic E-state index is 11.8. The van der Waals surface area contributed by atoms with Crippen LogP contribution in [-0.2, 0) is 11.0 Å². The van der Waals surface area contributed by atoms with Gasteiger partial charge in [0, 0.05) is 12.8 Å². The van der Waals surface area contributed by atoms with Crippen LogP contribution in [0.2, 0.25) is 0 Å². The Kier molecular flexibility index (Phi) is 6.46. The third-order valence-electron chi connectivity index (χ3n) is 1.89. The summed E-state index contributed by atoms with van der Waals surface area (Å²) in [6.45, 7) is 3.76. The summed E-state index contributed by atoms with van der Waals surface area (Å²) in [5.41, 5.74) is -0.602. The van der Waals surface area contributed by atoms with Crippen LogP contribution in [0.5, 0.6) is 0 Å². The molecule has 0 aliphatic rings. The molecule has 16 heavy (non-hydrogen) atoms. The number of hydrogen-bond donors (Lipinski definition) is 0. The Hall–Kier alpha value is -1.32. The van der Waals surface area contributed by atoms with Crippen LogP contribution in [0.1, 0.15) is 32.3 Å². The molecule has 0 fully saturated rings. The Morgan fingerprint density at radius 1 is 1.06 bits per heavy atom. The summed E-state index contributed by atoms with van der Waals surface area (Å²) < 4.78 is 35.4. The van der Waals surface area contributed by atoms with Gasteiger partial charge < -0.3 is 0 Å². The molecule has 1 aromatic carbocycles. The van der Waals surface area contributed by atoms with E-state index in [0.717, 1.165) is 12.1 Å². The van der Waals surface area contributed by atoms with Crippen molar-refractivity contribution in [3.05, 3.63) is 35.9 Å². The summed E-state index contributed by atoms with van der Waals surface area (Å²) in [6.07, 6.45) is -2.83. The van der Waals surface area contributed by atoms with Crippen molar-refractivity contribution in [2.45, 2.75) is 32.9 Å². The normalized spacial score (nSPS) is 10.3. The van der Waals surface area contributed by atoms with E-state index >= 15 is 0 Å². The lowest BCUT2D eigenvalue weighted by atomic mass is 10.2. The third kappa shape index (κ3) is 6.22. The largest absolute Gasteiger partial charge is 0.416 e. The Morgan fingerprint density at radius 3 is 1.69 bits per heavy atom. The van der Waals surface area contributed by atoms with E-state index in [0.29, 0.717) is 18.6 Å². The van der Waals surface area contributed by atoms with E-state index < -0.39 is 11.7 Å². The van der Waals surface area contributed by atoms with Crippen LogP contribution in [0.15, 0.2) is 30.3 Å². The van der Waals surface area contributed by atoms with Crippen molar-refractivity contribution in [3.63, 3.8) is 0 Å². The van der Waals surface area contributed by atoms with Gasteiger partial charge in [0.1, 0.15) is 5.78 Å². The highest BCUT2D eigenvalue weighted by Gasteiger charge is 2.29. The smallest absolute Gasteiger partial charge is 0.300 e. The SMILES string of the molecule is CCC(=O)CC.FC(F)(F)c1ccccc1. The van der Waals surface area contributed by atoms with Gasteiger partial charge in [-0.15, -0.1) is 0 Å². The number of carbonyl (C=O) groups excluding carboxylic acids is 1. The summed E-state index contributed by atoms with van der Waals surface area (Å²) >= 11 is 0. The van der Waals surface area contributed by atoms with E-state index in [-0.39, 0.29) is 0 Å². The number of ketones is 1. The van der Waals surface area contributed by atoms with Crippen molar-refractivity contribution >= 4 is 5.78 Å². The Balaban J connectivity index is 0.000000325. The quantitative estimate of drug-likeness (QED) is 0.750. The molecule has 0 N–H and O–H groups in total. The first-order valence-electron chi connectivity index (χ1n) is 5.05. The molecule has 0 spiro atoms. The van der Waals surface area contributed by atoms with Gasteiger partial charge in [-0.05, 0) is 0 Å². The van der Waals surface area contributed by atoms with Crippen LogP contribution in [0, 0.1) is 0 Å². The van der Waals surface area contributed by atoms with Gasteiger partial charge in [-0.2, -0.15) is 13.2 Å². The molecule has 0 aliphatic carbocycles. The molecule has 0 radical (unpaired) electrons. The number of halogens is 3.